The number of nitrogen functional groups attached to an aromatic ring is 1. The van der Waals surface area contributed by atoms with Crippen molar-refractivity contribution < 1.29 is 19.1 Å². The minimum absolute atomic E-state index is 0.129. The number of halogens is 1. The second kappa shape index (κ2) is 5.53. The summed E-state index contributed by atoms with van der Waals surface area (Å²) in [5.74, 6) is -2.31. The quantitative estimate of drug-likeness (QED) is 0.904. The molecule has 3 rings (SSSR count). The van der Waals surface area contributed by atoms with Crippen molar-refractivity contribution in [2.24, 2.45) is 0 Å². The summed E-state index contributed by atoms with van der Waals surface area (Å²) in [7, 11) is 0. The van der Waals surface area contributed by atoms with Crippen molar-refractivity contribution in [3.8, 4) is 11.1 Å². The van der Waals surface area contributed by atoms with Crippen molar-refractivity contribution in [3.63, 3.8) is 0 Å². The predicted molar refractivity (Wildman–Crippen MR) is 82.5 cm³/mol. The third kappa shape index (κ3) is 2.52. The van der Waals surface area contributed by atoms with Crippen LogP contribution in [0.3, 0.4) is 0 Å². The molecule has 23 heavy (non-hydrogen) atoms. The number of carbonyl (C=O) groups is 2. The van der Waals surface area contributed by atoms with E-state index < -0.39 is 17.3 Å². The Morgan fingerprint density at radius 1 is 1.35 bits per heavy atom. The van der Waals surface area contributed by atoms with Gasteiger partial charge in [0.2, 0.25) is 0 Å². The highest BCUT2D eigenvalue weighted by Crippen LogP contribution is 2.36. The van der Waals surface area contributed by atoms with Gasteiger partial charge in [-0.2, -0.15) is 0 Å². The van der Waals surface area contributed by atoms with Crippen molar-refractivity contribution in [1.29, 1.82) is 0 Å². The van der Waals surface area contributed by atoms with Crippen molar-refractivity contribution in [2.75, 3.05) is 17.2 Å². The van der Waals surface area contributed by atoms with Gasteiger partial charge in [-0.25, -0.2) is 14.2 Å². The van der Waals surface area contributed by atoms with Crippen LogP contribution in [-0.2, 0) is 4.79 Å². The van der Waals surface area contributed by atoms with E-state index in [-0.39, 0.29) is 11.7 Å². The average Bonchev–Trinajstić information content (AvgIpc) is 2.92. The second-order valence-electron chi connectivity index (χ2n) is 4.94. The lowest BCUT2D eigenvalue weighted by Gasteiger charge is -2.20. The number of pyridine rings is 1. The molecule has 116 valence electrons. The lowest BCUT2D eigenvalue weighted by atomic mass is 10.0. The largest absolute Gasteiger partial charge is 0.478 e. The Labute approximate surface area is 130 Å². The zero-order chi connectivity index (χ0) is 16.6. The molecule has 0 saturated heterocycles. The molecule has 0 unspecified atom stereocenters. The fourth-order valence-corrected chi connectivity index (χ4v) is 2.49. The van der Waals surface area contributed by atoms with Gasteiger partial charge >= 0.3 is 5.97 Å². The molecule has 1 aliphatic rings. The Bertz CT molecular complexity index is 848. The molecule has 1 aliphatic heterocycles. The monoisotopic (exact) mass is 313 g/mol. The summed E-state index contributed by atoms with van der Waals surface area (Å²) in [5.41, 5.74) is 6.71. The van der Waals surface area contributed by atoms with Crippen LogP contribution in [0, 0.1) is 5.82 Å². The van der Waals surface area contributed by atoms with E-state index in [4.69, 9.17) is 10.8 Å². The predicted octanol–water partition coefficient (Wildman–Crippen LogP) is 2.07. The van der Waals surface area contributed by atoms with E-state index in [1.54, 1.807) is 12.1 Å². The van der Waals surface area contributed by atoms with Crippen LogP contribution in [0.4, 0.5) is 15.9 Å². The number of hydrogen-bond acceptors (Lipinski definition) is 4. The van der Waals surface area contributed by atoms with Gasteiger partial charge in [0, 0.05) is 24.4 Å². The highest BCUT2D eigenvalue weighted by molar-refractivity contribution is 6.07. The van der Waals surface area contributed by atoms with E-state index in [0.717, 1.165) is 12.1 Å². The first-order valence-electron chi connectivity index (χ1n) is 6.75. The van der Waals surface area contributed by atoms with E-state index >= 15 is 0 Å². The topological polar surface area (TPSA) is 96.5 Å². The number of carboxylic acid groups (broad SMARTS) is 1. The van der Waals surface area contributed by atoms with Crippen LogP contribution < -0.4 is 10.6 Å². The normalized spacial score (nSPS) is 13.6. The van der Waals surface area contributed by atoms with Gasteiger partial charge in [-0.05, 0) is 23.8 Å². The fraction of sp³-hybridized carbons (Fsp3) is 0.0625. The smallest absolute Gasteiger partial charge is 0.338 e. The molecule has 3 N–H and O–H groups in total. The SMILES string of the molecule is Nc1nccc(N2CC=CC2=O)c1-c1ccc(C(=O)O)c(F)c1. The Balaban J connectivity index is 2.15. The summed E-state index contributed by atoms with van der Waals surface area (Å²) < 4.78 is 14.0. The minimum atomic E-state index is -1.35. The Morgan fingerprint density at radius 2 is 2.13 bits per heavy atom. The van der Waals surface area contributed by atoms with Crippen molar-refractivity contribution in [2.45, 2.75) is 0 Å². The molecule has 1 amide bonds. The van der Waals surface area contributed by atoms with Crippen LogP contribution in [-0.4, -0.2) is 28.5 Å². The van der Waals surface area contributed by atoms with Crippen LogP contribution in [0.1, 0.15) is 10.4 Å². The average molecular weight is 313 g/mol. The zero-order valence-electron chi connectivity index (χ0n) is 11.9. The number of amides is 1. The molecule has 0 saturated carbocycles. The molecule has 6 nitrogen and oxygen atoms in total. The Morgan fingerprint density at radius 3 is 2.74 bits per heavy atom. The number of nitrogens with two attached hydrogens (primary N) is 1. The summed E-state index contributed by atoms with van der Waals surface area (Å²) in [6.07, 6.45) is 4.60. The lowest BCUT2D eigenvalue weighted by Crippen LogP contribution is -2.25. The maximum absolute atomic E-state index is 14.0. The van der Waals surface area contributed by atoms with Crippen LogP contribution in [0.25, 0.3) is 11.1 Å². The molecule has 2 aromatic rings. The molecule has 1 aromatic carbocycles. The fourth-order valence-electron chi connectivity index (χ4n) is 2.49. The Kier molecular flexibility index (Phi) is 3.53. The van der Waals surface area contributed by atoms with Gasteiger partial charge in [0.15, 0.2) is 0 Å². The molecule has 0 atom stereocenters. The van der Waals surface area contributed by atoms with Crippen molar-refractivity contribution >= 4 is 23.4 Å². The third-order valence-electron chi connectivity index (χ3n) is 3.55. The number of carbonyl (C=O) groups excluding carboxylic acids is 1. The standard InChI is InChI=1S/C16H12FN3O3/c17-11-8-9(3-4-10(11)16(22)23)14-12(5-6-19-15(14)18)20-7-1-2-13(20)21/h1-6,8H,7H2,(H2,18,19)(H,22,23). The Hall–Kier alpha value is -3.22. The highest BCUT2D eigenvalue weighted by atomic mass is 19.1. The minimum Gasteiger partial charge on any atom is -0.478 e. The van der Waals surface area contributed by atoms with E-state index in [2.05, 4.69) is 4.98 Å². The number of rotatable bonds is 3. The molecule has 0 fully saturated rings. The first-order chi connectivity index (χ1) is 11.0. The maximum atomic E-state index is 14.0. The summed E-state index contributed by atoms with van der Waals surface area (Å²) in [6, 6.07) is 5.29. The number of anilines is 2. The van der Waals surface area contributed by atoms with Crippen LogP contribution in [0.2, 0.25) is 0 Å². The third-order valence-corrected chi connectivity index (χ3v) is 3.55. The molecular formula is C16H12FN3O3. The number of benzene rings is 1. The molecule has 2 heterocycles. The first kappa shape index (κ1) is 14.7. The first-order valence-corrected chi connectivity index (χ1v) is 6.75. The van der Waals surface area contributed by atoms with Crippen molar-refractivity contribution in [3.05, 3.63) is 54.0 Å². The van der Waals surface area contributed by atoms with E-state index in [1.807, 2.05) is 0 Å². The van der Waals surface area contributed by atoms with Crippen LogP contribution >= 0.6 is 0 Å². The van der Waals surface area contributed by atoms with E-state index in [0.29, 0.717) is 23.4 Å². The molecule has 1 aromatic heterocycles. The summed E-state index contributed by atoms with van der Waals surface area (Å²) in [6.45, 7) is 0.380. The number of carboxylic acids is 1. The van der Waals surface area contributed by atoms with Gasteiger partial charge in [0.25, 0.3) is 5.91 Å². The van der Waals surface area contributed by atoms with E-state index in [1.165, 1.54) is 23.2 Å². The van der Waals surface area contributed by atoms with Gasteiger partial charge in [-0.15, -0.1) is 0 Å². The maximum Gasteiger partial charge on any atom is 0.338 e. The number of aromatic carboxylic acids is 1. The van der Waals surface area contributed by atoms with Crippen LogP contribution in [0.15, 0.2) is 42.6 Å². The van der Waals surface area contributed by atoms with Gasteiger partial charge in [-0.3, -0.25) is 4.79 Å². The summed E-state index contributed by atoms with van der Waals surface area (Å²) in [4.78, 5) is 28.3. The molecule has 7 heteroatoms. The van der Waals surface area contributed by atoms with E-state index in [9.17, 15) is 14.0 Å². The molecular weight excluding hydrogens is 301 g/mol. The zero-order valence-corrected chi connectivity index (χ0v) is 11.9. The molecule has 0 radical (unpaired) electrons. The molecule has 0 bridgehead atoms. The highest BCUT2D eigenvalue weighted by Gasteiger charge is 2.23. The summed E-state index contributed by atoms with van der Waals surface area (Å²) in [5, 5.41) is 8.91. The van der Waals surface area contributed by atoms with Gasteiger partial charge < -0.3 is 15.7 Å². The number of hydrogen-bond donors (Lipinski definition) is 2. The number of nitrogens with zero attached hydrogens (tertiary/aromatic N) is 2. The van der Waals surface area contributed by atoms with Gasteiger partial charge in [-0.1, -0.05) is 12.1 Å². The van der Waals surface area contributed by atoms with Crippen LogP contribution in [0.5, 0.6) is 0 Å². The van der Waals surface area contributed by atoms with Gasteiger partial charge in [0.1, 0.15) is 11.6 Å². The molecule has 0 aliphatic carbocycles. The second-order valence-corrected chi connectivity index (χ2v) is 4.94. The lowest BCUT2D eigenvalue weighted by molar-refractivity contribution is -0.113. The molecule has 0 spiro atoms. The van der Waals surface area contributed by atoms with Gasteiger partial charge in [0.05, 0.1) is 11.3 Å². The van der Waals surface area contributed by atoms with Crippen molar-refractivity contribution in [1.82, 2.24) is 4.98 Å². The number of aromatic nitrogens is 1. The summed E-state index contributed by atoms with van der Waals surface area (Å²) >= 11 is 0.